The van der Waals surface area contributed by atoms with Gasteiger partial charge in [0.05, 0.1) is 10.7 Å². The summed E-state index contributed by atoms with van der Waals surface area (Å²) in [4.78, 5) is 1.88. The summed E-state index contributed by atoms with van der Waals surface area (Å²) in [5, 5.41) is 0.577. The van der Waals surface area contributed by atoms with Gasteiger partial charge in [-0.3, -0.25) is 0 Å². The summed E-state index contributed by atoms with van der Waals surface area (Å²) in [6.07, 6.45) is -4.68. The SMILES string of the molecule is CN(C)c1ccc(-c2ccc(OC(F)(F)F)cc2)cc1Cl. The van der Waals surface area contributed by atoms with Gasteiger partial charge in [0, 0.05) is 14.1 Å². The van der Waals surface area contributed by atoms with E-state index in [2.05, 4.69) is 4.74 Å². The minimum atomic E-state index is -4.68. The fourth-order valence-electron chi connectivity index (χ4n) is 1.90. The molecule has 2 aromatic carbocycles. The molecular formula is C15H13ClF3NO. The van der Waals surface area contributed by atoms with Crippen LogP contribution in [0.4, 0.5) is 18.9 Å². The Morgan fingerprint density at radius 1 is 0.952 bits per heavy atom. The summed E-state index contributed by atoms with van der Waals surface area (Å²) in [6.45, 7) is 0. The van der Waals surface area contributed by atoms with Crippen molar-refractivity contribution in [1.29, 1.82) is 0 Å². The number of anilines is 1. The van der Waals surface area contributed by atoms with Crippen LogP contribution in [0.2, 0.25) is 5.02 Å². The first-order valence-electron chi connectivity index (χ1n) is 6.09. The summed E-state index contributed by atoms with van der Waals surface area (Å²) < 4.78 is 40.1. The van der Waals surface area contributed by atoms with Crippen LogP contribution in [-0.2, 0) is 0 Å². The van der Waals surface area contributed by atoms with E-state index in [4.69, 9.17) is 11.6 Å². The Labute approximate surface area is 125 Å². The molecule has 0 radical (unpaired) electrons. The second-order valence-corrected chi connectivity index (χ2v) is 5.04. The number of hydrogen-bond donors (Lipinski definition) is 0. The van der Waals surface area contributed by atoms with E-state index in [1.165, 1.54) is 12.1 Å². The summed E-state index contributed by atoms with van der Waals surface area (Å²) in [5.74, 6) is -0.248. The largest absolute Gasteiger partial charge is 0.573 e. The lowest BCUT2D eigenvalue weighted by Gasteiger charge is -2.15. The molecular weight excluding hydrogens is 303 g/mol. The molecule has 0 N–H and O–H groups in total. The third-order valence-corrected chi connectivity index (χ3v) is 3.15. The van der Waals surface area contributed by atoms with Gasteiger partial charge in [0.2, 0.25) is 0 Å². The molecule has 0 aliphatic carbocycles. The van der Waals surface area contributed by atoms with Crippen molar-refractivity contribution < 1.29 is 17.9 Å². The number of hydrogen-bond acceptors (Lipinski definition) is 2. The molecule has 0 heterocycles. The molecule has 2 rings (SSSR count). The van der Waals surface area contributed by atoms with Gasteiger partial charge in [0.25, 0.3) is 0 Å². The molecule has 2 nitrogen and oxygen atoms in total. The molecule has 0 amide bonds. The van der Waals surface area contributed by atoms with E-state index >= 15 is 0 Å². The quantitative estimate of drug-likeness (QED) is 0.792. The monoisotopic (exact) mass is 315 g/mol. The van der Waals surface area contributed by atoms with Gasteiger partial charge in [-0.15, -0.1) is 13.2 Å². The molecule has 0 aliphatic heterocycles. The number of alkyl halides is 3. The van der Waals surface area contributed by atoms with Crippen molar-refractivity contribution in [2.75, 3.05) is 19.0 Å². The first kappa shape index (κ1) is 15.5. The summed E-state index contributed by atoms with van der Waals surface area (Å²) in [7, 11) is 3.76. The van der Waals surface area contributed by atoms with Crippen molar-refractivity contribution in [2.24, 2.45) is 0 Å². The first-order chi connectivity index (χ1) is 9.76. The van der Waals surface area contributed by atoms with Crippen LogP contribution in [0.15, 0.2) is 42.5 Å². The van der Waals surface area contributed by atoms with Gasteiger partial charge in [0.1, 0.15) is 5.75 Å². The smallest absolute Gasteiger partial charge is 0.406 e. The van der Waals surface area contributed by atoms with Crippen molar-refractivity contribution in [1.82, 2.24) is 0 Å². The average Bonchev–Trinajstić information content (AvgIpc) is 2.37. The highest BCUT2D eigenvalue weighted by atomic mass is 35.5. The number of ether oxygens (including phenoxy) is 1. The molecule has 0 saturated heterocycles. The van der Waals surface area contributed by atoms with Crippen LogP contribution in [0.5, 0.6) is 5.75 Å². The summed E-state index contributed by atoms with van der Waals surface area (Å²) in [6, 6.07) is 11.2. The van der Waals surface area contributed by atoms with Crippen LogP contribution in [0.25, 0.3) is 11.1 Å². The van der Waals surface area contributed by atoms with E-state index in [1.54, 1.807) is 18.2 Å². The van der Waals surface area contributed by atoms with E-state index in [1.807, 2.05) is 31.1 Å². The van der Waals surface area contributed by atoms with E-state index in [0.717, 1.165) is 16.8 Å². The maximum absolute atomic E-state index is 12.1. The number of rotatable bonds is 3. The van der Waals surface area contributed by atoms with Crippen molar-refractivity contribution in [3.05, 3.63) is 47.5 Å². The average molecular weight is 316 g/mol. The number of benzene rings is 2. The summed E-state index contributed by atoms with van der Waals surface area (Å²) >= 11 is 6.18. The van der Waals surface area contributed by atoms with Gasteiger partial charge in [-0.25, -0.2) is 0 Å². The standard InChI is InChI=1S/C15H13ClF3NO/c1-20(2)14-8-5-11(9-13(14)16)10-3-6-12(7-4-10)21-15(17,18)19/h3-9H,1-2H3. The fraction of sp³-hybridized carbons (Fsp3) is 0.200. The molecule has 0 spiro atoms. The van der Waals surface area contributed by atoms with Crippen LogP contribution in [0.1, 0.15) is 0 Å². The zero-order chi connectivity index (χ0) is 15.6. The number of nitrogens with zero attached hydrogens (tertiary/aromatic N) is 1. The third-order valence-electron chi connectivity index (χ3n) is 2.85. The maximum atomic E-state index is 12.1. The third kappa shape index (κ3) is 4.04. The lowest BCUT2D eigenvalue weighted by molar-refractivity contribution is -0.274. The normalized spacial score (nSPS) is 11.3. The van der Waals surface area contributed by atoms with Crippen molar-refractivity contribution in [2.45, 2.75) is 6.36 Å². The Morgan fingerprint density at radius 3 is 2.00 bits per heavy atom. The maximum Gasteiger partial charge on any atom is 0.573 e. The van der Waals surface area contributed by atoms with E-state index in [9.17, 15) is 13.2 Å². The topological polar surface area (TPSA) is 12.5 Å². The van der Waals surface area contributed by atoms with E-state index in [0.29, 0.717) is 5.02 Å². The zero-order valence-corrected chi connectivity index (χ0v) is 12.2. The Morgan fingerprint density at radius 2 is 1.52 bits per heavy atom. The fourth-order valence-corrected chi connectivity index (χ4v) is 2.25. The Kier molecular flexibility index (Phi) is 4.32. The van der Waals surface area contributed by atoms with Gasteiger partial charge in [-0.2, -0.15) is 0 Å². The molecule has 6 heteroatoms. The zero-order valence-electron chi connectivity index (χ0n) is 11.4. The van der Waals surface area contributed by atoms with Crippen molar-refractivity contribution in [3.63, 3.8) is 0 Å². The van der Waals surface area contributed by atoms with E-state index < -0.39 is 6.36 Å². The molecule has 0 aliphatic rings. The highest BCUT2D eigenvalue weighted by Crippen LogP contribution is 2.31. The molecule has 0 unspecified atom stereocenters. The van der Waals surface area contributed by atoms with Crippen molar-refractivity contribution >= 4 is 17.3 Å². The Balaban J connectivity index is 2.25. The summed E-state index contributed by atoms with van der Waals surface area (Å²) in [5.41, 5.74) is 2.46. The first-order valence-corrected chi connectivity index (χ1v) is 6.47. The predicted molar refractivity (Wildman–Crippen MR) is 77.9 cm³/mol. The minimum Gasteiger partial charge on any atom is -0.406 e. The molecule has 112 valence electrons. The number of halogens is 4. The second-order valence-electron chi connectivity index (χ2n) is 4.63. The van der Waals surface area contributed by atoms with Crippen LogP contribution in [0.3, 0.4) is 0 Å². The molecule has 21 heavy (non-hydrogen) atoms. The van der Waals surface area contributed by atoms with Crippen LogP contribution in [-0.4, -0.2) is 20.5 Å². The molecule has 0 aromatic heterocycles. The van der Waals surface area contributed by atoms with Gasteiger partial charge >= 0.3 is 6.36 Å². The molecule has 2 aromatic rings. The van der Waals surface area contributed by atoms with Crippen LogP contribution in [0, 0.1) is 0 Å². The van der Waals surface area contributed by atoms with Crippen molar-refractivity contribution in [3.8, 4) is 16.9 Å². The lowest BCUT2D eigenvalue weighted by atomic mass is 10.1. The van der Waals surface area contributed by atoms with Gasteiger partial charge in [-0.1, -0.05) is 29.8 Å². The Hall–Kier alpha value is -1.88. The van der Waals surface area contributed by atoms with Gasteiger partial charge in [-0.05, 0) is 35.4 Å². The van der Waals surface area contributed by atoms with Gasteiger partial charge < -0.3 is 9.64 Å². The van der Waals surface area contributed by atoms with E-state index in [-0.39, 0.29) is 5.75 Å². The highest BCUT2D eigenvalue weighted by Gasteiger charge is 2.30. The molecule has 0 bridgehead atoms. The molecule has 0 fully saturated rings. The second kappa shape index (κ2) is 5.85. The lowest BCUT2D eigenvalue weighted by Crippen LogP contribution is -2.16. The van der Waals surface area contributed by atoms with Crippen LogP contribution >= 0.6 is 11.6 Å². The van der Waals surface area contributed by atoms with Gasteiger partial charge in [0.15, 0.2) is 0 Å². The van der Waals surface area contributed by atoms with Crippen LogP contribution < -0.4 is 9.64 Å². The molecule has 0 saturated carbocycles. The Bertz CT molecular complexity index is 624. The molecule has 0 atom stereocenters. The highest BCUT2D eigenvalue weighted by molar-refractivity contribution is 6.33. The minimum absolute atomic E-state index is 0.248. The predicted octanol–water partition coefficient (Wildman–Crippen LogP) is 4.97.